The fourth-order valence-corrected chi connectivity index (χ4v) is 1.90. The van der Waals surface area contributed by atoms with Crippen molar-refractivity contribution >= 4 is 11.6 Å². The maximum Gasteiger partial charge on any atom is 0.416 e. The van der Waals surface area contributed by atoms with E-state index < -0.39 is 52.3 Å². The van der Waals surface area contributed by atoms with Crippen molar-refractivity contribution in [2.24, 2.45) is 0 Å². The maximum atomic E-state index is 13.5. The van der Waals surface area contributed by atoms with E-state index in [1.807, 2.05) is 0 Å². The lowest BCUT2D eigenvalue weighted by molar-refractivity contribution is -0.143. The van der Waals surface area contributed by atoms with E-state index >= 15 is 0 Å². The van der Waals surface area contributed by atoms with Gasteiger partial charge in [0, 0.05) is 11.8 Å². The molecule has 2 nitrogen and oxygen atoms in total. The molecule has 1 amide bonds. The molecule has 134 valence electrons. The Morgan fingerprint density at radius 3 is 1.76 bits per heavy atom. The number of rotatable bonds is 2. The molecule has 2 aromatic carbocycles. The molecular weight excluding hydrogens is 362 g/mol. The molecule has 0 spiro atoms. The molecule has 0 fully saturated rings. The summed E-state index contributed by atoms with van der Waals surface area (Å²) in [5.74, 6) is -3.65. The maximum absolute atomic E-state index is 13.5. The first-order chi connectivity index (χ1) is 11.4. The zero-order valence-corrected chi connectivity index (χ0v) is 11.9. The van der Waals surface area contributed by atoms with Gasteiger partial charge in [-0.3, -0.25) is 4.79 Å². The molecule has 2 rings (SSSR count). The second-order valence-electron chi connectivity index (χ2n) is 4.87. The fraction of sp³-hybridized carbons (Fsp3) is 0.133. The third-order valence-electron chi connectivity index (χ3n) is 3.02. The number of anilines is 1. The van der Waals surface area contributed by atoms with Gasteiger partial charge in [0.1, 0.15) is 11.6 Å². The van der Waals surface area contributed by atoms with Gasteiger partial charge < -0.3 is 5.32 Å². The lowest BCUT2D eigenvalue weighted by atomic mass is 10.1. The van der Waals surface area contributed by atoms with E-state index in [2.05, 4.69) is 0 Å². The molecular formula is C15H7F8NO. The SMILES string of the molecule is O=C(Nc1cc(C(F)(F)F)cc(C(F)(F)F)c1)c1ccc(F)cc1F. The van der Waals surface area contributed by atoms with Crippen LogP contribution in [0, 0.1) is 11.6 Å². The van der Waals surface area contributed by atoms with Crippen molar-refractivity contribution < 1.29 is 39.9 Å². The van der Waals surface area contributed by atoms with Crippen LogP contribution in [-0.2, 0) is 12.4 Å². The number of alkyl halides is 6. The highest BCUT2D eigenvalue weighted by Crippen LogP contribution is 2.37. The second-order valence-corrected chi connectivity index (χ2v) is 4.87. The molecule has 0 heterocycles. The molecule has 0 aliphatic carbocycles. The Hall–Kier alpha value is -2.65. The Morgan fingerprint density at radius 2 is 1.32 bits per heavy atom. The lowest BCUT2D eigenvalue weighted by Crippen LogP contribution is -2.17. The van der Waals surface area contributed by atoms with Crippen LogP contribution in [0.5, 0.6) is 0 Å². The Labute approximate surface area is 135 Å². The standard InChI is InChI=1S/C15H7F8NO/c16-9-1-2-11(12(17)6-9)13(25)24-10-4-7(14(18,19)20)3-8(5-10)15(21,22)23/h1-6H,(H,24,25). The summed E-state index contributed by atoms with van der Waals surface area (Å²) in [6.07, 6.45) is -10.2. The van der Waals surface area contributed by atoms with Crippen LogP contribution in [0.3, 0.4) is 0 Å². The highest BCUT2D eigenvalue weighted by molar-refractivity contribution is 6.04. The molecule has 1 N–H and O–H groups in total. The molecule has 0 aliphatic rings. The summed E-state index contributed by atoms with van der Waals surface area (Å²) in [6, 6.07) is 2.20. The number of carbonyl (C=O) groups is 1. The molecule has 0 aliphatic heterocycles. The monoisotopic (exact) mass is 369 g/mol. The van der Waals surface area contributed by atoms with Crippen LogP contribution in [-0.4, -0.2) is 5.91 Å². The number of halogens is 8. The molecule has 0 radical (unpaired) electrons. The topological polar surface area (TPSA) is 29.1 Å². The number of carbonyl (C=O) groups excluding carboxylic acids is 1. The summed E-state index contributed by atoms with van der Waals surface area (Å²) in [5.41, 5.74) is -4.86. The zero-order valence-electron chi connectivity index (χ0n) is 11.9. The second kappa shape index (κ2) is 6.34. The third-order valence-corrected chi connectivity index (χ3v) is 3.02. The minimum absolute atomic E-state index is 0.117. The van der Waals surface area contributed by atoms with Crippen LogP contribution in [0.15, 0.2) is 36.4 Å². The quantitative estimate of drug-likeness (QED) is 0.720. The summed E-state index contributed by atoms with van der Waals surface area (Å²) in [7, 11) is 0. The van der Waals surface area contributed by atoms with Crippen molar-refractivity contribution in [1.29, 1.82) is 0 Å². The number of hydrogen-bond acceptors (Lipinski definition) is 1. The van der Waals surface area contributed by atoms with Gasteiger partial charge in [-0.05, 0) is 30.3 Å². The molecule has 0 bridgehead atoms. The normalized spacial score (nSPS) is 12.2. The summed E-state index contributed by atoms with van der Waals surface area (Å²) >= 11 is 0. The van der Waals surface area contributed by atoms with Crippen LogP contribution in [0.25, 0.3) is 0 Å². The smallest absolute Gasteiger partial charge is 0.322 e. The van der Waals surface area contributed by atoms with Crippen molar-refractivity contribution in [1.82, 2.24) is 0 Å². The Morgan fingerprint density at radius 1 is 0.800 bits per heavy atom. The Bertz CT molecular complexity index is 778. The Kier molecular flexibility index (Phi) is 4.74. The number of benzene rings is 2. The molecule has 0 saturated carbocycles. The predicted octanol–water partition coefficient (Wildman–Crippen LogP) is 5.25. The van der Waals surface area contributed by atoms with Crippen LogP contribution < -0.4 is 5.32 Å². The van der Waals surface area contributed by atoms with Gasteiger partial charge in [-0.1, -0.05) is 0 Å². The van der Waals surface area contributed by atoms with Gasteiger partial charge in [-0.15, -0.1) is 0 Å². The number of nitrogens with one attached hydrogen (secondary N) is 1. The number of amides is 1. The van der Waals surface area contributed by atoms with E-state index in [0.717, 1.165) is 0 Å². The van der Waals surface area contributed by atoms with E-state index in [-0.39, 0.29) is 18.2 Å². The van der Waals surface area contributed by atoms with Crippen molar-refractivity contribution in [3.05, 3.63) is 64.7 Å². The average molecular weight is 369 g/mol. The molecule has 25 heavy (non-hydrogen) atoms. The van der Waals surface area contributed by atoms with Gasteiger partial charge in [0.2, 0.25) is 0 Å². The first-order valence-electron chi connectivity index (χ1n) is 6.44. The van der Waals surface area contributed by atoms with E-state index in [0.29, 0.717) is 18.2 Å². The van der Waals surface area contributed by atoms with Gasteiger partial charge in [0.25, 0.3) is 5.91 Å². The summed E-state index contributed by atoms with van der Waals surface area (Å²) in [5, 5.41) is 1.74. The van der Waals surface area contributed by atoms with Gasteiger partial charge in [-0.2, -0.15) is 26.3 Å². The fourth-order valence-electron chi connectivity index (χ4n) is 1.90. The minimum Gasteiger partial charge on any atom is -0.322 e. The average Bonchev–Trinajstić information content (AvgIpc) is 2.44. The van der Waals surface area contributed by atoms with Crippen LogP contribution in [0.1, 0.15) is 21.5 Å². The largest absolute Gasteiger partial charge is 0.416 e. The molecule has 10 heteroatoms. The first kappa shape index (κ1) is 18.7. The number of hydrogen-bond donors (Lipinski definition) is 1. The van der Waals surface area contributed by atoms with Crippen LogP contribution >= 0.6 is 0 Å². The minimum atomic E-state index is -5.10. The van der Waals surface area contributed by atoms with E-state index in [9.17, 15) is 39.9 Å². The van der Waals surface area contributed by atoms with Crippen molar-refractivity contribution in [2.75, 3.05) is 5.32 Å². The molecule has 0 atom stereocenters. The highest BCUT2D eigenvalue weighted by Gasteiger charge is 2.37. The molecule has 0 aromatic heterocycles. The first-order valence-corrected chi connectivity index (χ1v) is 6.44. The van der Waals surface area contributed by atoms with E-state index in [1.165, 1.54) is 0 Å². The van der Waals surface area contributed by atoms with E-state index in [4.69, 9.17) is 0 Å². The molecule has 0 saturated heterocycles. The summed E-state index contributed by atoms with van der Waals surface area (Å²) < 4.78 is 103. The van der Waals surface area contributed by atoms with Gasteiger partial charge in [0.15, 0.2) is 0 Å². The van der Waals surface area contributed by atoms with Gasteiger partial charge in [0.05, 0.1) is 16.7 Å². The lowest BCUT2D eigenvalue weighted by Gasteiger charge is -2.15. The van der Waals surface area contributed by atoms with Crippen molar-refractivity contribution in [2.45, 2.75) is 12.4 Å². The van der Waals surface area contributed by atoms with Crippen molar-refractivity contribution in [3.8, 4) is 0 Å². The molecule has 2 aromatic rings. The predicted molar refractivity (Wildman–Crippen MR) is 70.8 cm³/mol. The third kappa shape index (κ3) is 4.46. The van der Waals surface area contributed by atoms with Gasteiger partial charge >= 0.3 is 12.4 Å². The van der Waals surface area contributed by atoms with Gasteiger partial charge in [-0.25, -0.2) is 8.78 Å². The molecule has 0 unspecified atom stereocenters. The Balaban J connectivity index is 2.43. The highest BCUT2D eigenvalue weighted by atomic mass is 19.4. The van der Waals surface area contributed by atoms with Crippen LogP contribution in [0.2, 0.25) is 0 Å². The summed E-state index contributed by atoms with van der Waals surface area (Å²) in [6.45, 7) is 0. The van der Waals surface area contributed by atoms with E-state index in [1.54, 1.807) is 5.32 Å². The van der Waals surface area contributed by atoms with Crippen molar-refractivity contribution in [3.63, 3.8) is 0 Å². The summed E-state index contributed by atoms with van der Waals surface area (Å²) in [4.78, 5) is 11.8. The zero-order chi connectivity index (χ0) is 19.0. The van der Waals surface area contributed by atoms with Crippen LogP contribution in [0.4, 0.5) is 40.8 Å².